The van der Waals surface area contributed by atoms with Crippen LogP contribution in [0.5, 0.6) is 0 Å². The molecule has 194 valence electrons. The van der Waals surface area contributed by atoms with E-state index in [-0.39, 0.29) is 5.56 Å². The van der Waals surface area contributed by atoms with E-state index in [4.69, 9.17) is 11.6 Å². The first-order valence-corrected chi connectivity index (χ1v) is 12.1. The predicted molar refractivity (Wildman–Crippen MR) is 137 cm³/mol. The van der Waals surface area contributed by atoms with Crippen molar-refractivity contribution in [2.24, 2.45) is 7.05 Å². The molecule has 0 saturated heterocycles. The first-order valence-electron chi connectivity index (χ1n) is 11.7. The zero-order chi connectivity index (χ0) is 26.7. The van der Waals surface area contributed by atoms with Gasteiger partial charge in [0.2, 0.25) is 0 Å². The molecule has 10 heteroatoms. The van der Waals surface area contributed by atoms with Gasteiger partial charge in [-0.1, -0.05) is 23.7 Å². The number of hydrogen-bond donors (Lipinski definition) is 0. The Bertz CT molecular complexity index is 1410. The molecule has 0 radical (unpaired) electrons. The number of carbonyl (C=O) groups excluding carboxylic acids is 1. The predicted octanol–water partition coefficient (Wildman–Crippen LogP) is 5.80. The second-order valence-electron chi connectivity index (χ2n) is 9.11. The largest absolute Gasteiger partial charge is 0.435 e. The fourth-order valence-electron chi connectivity index (χ4n) is 4.46. The Hall–Kier alpha value is -3.43. The quantitative estimate of drug-likeness (QED) is 0.257. The number of carbonyl (C=O) groups is 1. The van der Waals surface area contributed by atoms with Crippen molar-refractivity contribution in [1.29, 1.82) is 0 Å². The van der Waals surface area contributed by atoms with Crippen molar-refractivity contribution >= 4 is 17.9 Å². The maximum absolute atomic E-state index is 13.9. The molecule has 0 aliphatic heterocycles. The highest BCUT2D eigenvalue weighted by Gasteiger charge is 2.38. The summed E-state index contributed by atoms with van der Waals surface area (Å²) < 4.78 is 44.8. The summed E-state index contributed by atoms with van der Waals surface area (Å²) in [5, 5.41) is 4.33. The topological polar surface area (TPSA) is 56.0 Å². The van der Waals surface area contributed by atoms with Gasteiger partial charge in [-0.3, -0.25) is 9.48 Å². The summed E-state index contributed by atoms with van der Waals surface area (Å²) >= 11 is 6.10. The Balaban J connectivity index is 1.74. The van der Waals surface area contributed by atoms with Crippen LogP contribution < -0.4 is 0 Å². The lowest BCUT2D eigenvalue weighted by atomic mass is 9.91. The summed E-state index contributed by atoms with van der Waals surface area (Å²) in [7, 11) is 3.37. The van der Waals surface area contributed by atoms with Crippen LogP contribution in [0.4, 0.5) is 13.2 Å². The Morgan fingerprint density at radius 3 is 2.57 bits per heavy atom. The summed E-state index contributed by atoms with van der Waals surface area (Å²) in [6, 6.07) is 11.0. The molecule has 2 aromatic heterocycles. The van der Waals surface area contributed by atoms with Gasteiger partial charge in [-0.25, -0.2) is 4.98 Å². The molecule has 4 rings (SSSR count). The van der Waals surface area contributed by atoms with Crippen LogP contribution in [0.2, 0.25) is 5.02 Å². The van der Waals surface area contributed by atoms with E-state index in [1.54, 1.807) is 30.6 Å². The molecule has 0 fully saturated rings. The van der Waals surface area contributed by atoms with Crippen LogP contribution in [0.25, 0.3) is 11.1 Å². The fraction of sp³-hybridized carbons (Fsp3) is 0.296. The molecule has 4 aromatic rings. The Kier molecular flexibility index (Phi) is 7.85. The standard InChI is InChI=1S/C27H27ClF3N5O/c1-18-32-8-10-36(18)15-20-11-21(17-37)23(7-9-34(2)14-19-5-4-6-22(28)12-19)24(13-20)25-16-35(3)33-26(25)27(29,30)31/h4-6,8,10-13,16-17H,7,9,14-15H2,1-3H3. The van der Waals surface area contributed by atoms with E-state index in [9.17, 15) is 18.0 Å². The smallest absolute Gasteiger partial charge is 0.331 e. The maximum Gasteiger partial charge on any atom is 0.435 e. The minimum atomic E-state index is -4.64. The maximum atomic E-state index is 13.9. The van der Waals surface area contributed by atoms with E-state index in [2.05, 4.69) is 10.1 Å². The molecule has 6 nitrogen and oxygen atoms in total. The normalized spacial score (nSPS) is 11.9. The summed E-state index contributed by atoms with van der Waals surface area (Å²) in [6.45, 7) is 3.33. The van der Waals surface area contributed by atoms with Crippen molar-refractivity contribution in [3.63, 3.8) is 0 Å². The lowest BCUT2D eigenvalue weighted by Gasteiger charge is -2.20. The van der Waals surface area contributed by atoms with E-state index < -0.39 is 11.9 Å². The van der Waals surface area contributed by atoms with Crippen molar-refractivity contribution in [3.8, 4) is 11.1 Å². The third kappa shape index (κ3) is 6.29. The highest BCUT2D eigenvalue weighted by Crippen LogP contribution is 2.38. The summed E-state index contributed by atoms with van der Waals surface area (Å²) in [6.07, 6.45) is 1.25. The van der Waals surface area contributed by atoms with E-state index in [0.29, 0.717) is 59.6 Å². The van der Waals surface area contributed by atoms with Crippen molar-refractivity contribution in [2.75, 3.05) is 13.6 Å². The number of hydrogen-bond acceptors (Lipinski definition) is 4. The van der Waals surface area contributed by atoms with Gasteiger partial charge in [-0.05, 0) is 66.9 Å². The molecule has 0 N–H and O–H groups in total. The van der Waals surface area contributed by atoms with Crippen LogP contribution >= 0.6 is 11.6 Å². The number of halogens is 4. The SMILES string of the molecule is Cc1nccn1Cc1cc(C=O)c(CCN(C)Cc2cccc(Cl)c2)c(-c2cn(C)nc2C(F)(F)F)c1. The van der Waals surface area contributed by atoms with Gasteiger partial charge < -0.3 is 9.47 Å². The molecule has 2 heterocycles. The minimum absolute atomic E-state index is 0.0465. The molecular weight excluding hydrogens is 503 g/mol. The lowest BCUT2D eigenvalue weighted by molar-refractivity contribution is -0.140. The Labute approximate surface area is 218 Å². The van der Waals surface area contributed by atoms with Crippen molar-refractivity contribution < 1.29 is 18.0 Å². The van der Waals surface area contributed by atoms with Crippen LogP contribution in [0, 0.1) is 6.92 Å². The molecule has 0 atom stereocenters. The van der Waals surface area contributed by atoms with Crippen LogP contribution in [0.3, 0.4) is 0 Å². The number of aryl methyl sites for hydroxylation is 2. The summed E-state index contributed by atoms with van der Waals surface area (Å²) in [5.74, 6) is 0.762. The van der Waals surface area contributed by atoms with Gasteiger partial charge in [0.15, 0.2) is 5.69 Å². The van der Waals surface area contributed by atoms with Gasteiger partial charge in [0.25, 0.3) is 0 Å². The van der Waals surface area contributed by atoms with Crippen molar-refractivity contribution in [1.82, 2.24) is 24.2 Å². The molecule has 0 aliphatic rings. The molecule has 0 spiro atoms. The molecule has 0 saturated carbocycles. The fourth-order valence-corrected chi connectivity index (χ4v) is 4.68. The van der Waals surface area contributed by atoms with Gasteiger partial charge in [-0.2, -0.15) is 18.3 Å². The number of nitrogens with zero attached hydrogens (tertiary/aromatic N) is 5. The van der Waals surface area contributed by atoms with E-state index in [1.165, 1.54) is 13.2 Å². The molecule has 0 bridgehead atoms. The first kappa shape index (κ1) is 26.6. The van der Waals surface area contributed by atoms with Gasteiger partial charge in [0.1, 0.15) is 12.1 Å². The zero-order valence-corrected chi connectivity index (χ0v) is 21.5. The van der Waals surface area contributed by atoms with Crippen LogP contribution in [-0.2, 0) is 32.7 Å². The van der Waals surface area contributed by atoms with Crippen molar-refractivity contribution in [3.05, 3.63) is 93.8 Å². The summed E-state index contributed by atoms with van der Waals surface area (Å²) in [4.78, 5) is 18.5. The first-order chi connectivity index (χ1) is 17.5. The number of alkyl halides is 3. The molecule has 2 aromatic carbocycles. The van der Waals surface area contributed by atoms with Gasteiger partial charge >= 0.3 is 6.18 Å². The number of likely N-dealkylation sites (N-methyl/N-ethyl adjacent to an activating group) is 1. The van der Waals surface area contributed by atoms with E-state index in [1.807, 2.05) is 41.6 Å². The molecule has 0 aliphatic carbocycles. The molecule has 0 unspecified atom stereocenters. The van der Waals surface area contributed by atoms with Gasteiger partial charge in [-0.15, -0.1) is 0 Å². The highest BCUT2D eigenvalue weighted by molar-refractivity contribution is 6.30. The van der Waals surface area contributed by atoms with Crippen LogP contribution in [0.1, 0.15) is 38.6 Å². The minimum Gasteiger partial charge on any atom is -0.331 e. The highest BCUT2D eigenvalue weighted by atomic mass is 35.5. The second-order valence-corrected chi connectivity index (χ2v) is 9.55. The molecule has 37 heavy (non-hydrogen) atoms. The third-order valence-electron chi connectivity index (χ3n) is 6.22. The van der Waals surface area contributed by atoms with Crippen LogP contribution in [-0.4, -0.2) is 44.1 Å². The van der Waals surface area contributed by atoms with E-state index >= 15 is 0 Å². The number of aromatic nitrogens is 4. The van der Waals surface area contributed by atoms with Crippen molar-refractivity contribution in [2.45, 2.75) is 32.6 Å². The lowest BCUT2D eigenvalue weighted by Crippen LogP contribution is -2.21. The monoisotopic (exact) mass is 529 g/mol. The average molecular weight is 530 g/mol. The summed E-state index contributed by atoms with van der Waals surface area (Å²) in [5.41, 5.74) is 1.96. The van der Waals surface area contributed by atoms with Gasteiger partial charge in [0.05, 0.1) is 0 Å². The third-order valence-corrected chi connectivity index (χ3v) is 6.46. The Morgan fingerprint density at radius 2 is 1.92 bits per heavy atom. The van der Waals surface area contributed by atoms with Crippen LogP contribution in [0.15, 0.2) is 55.0 Å². The Morgan fingerprint density at radius 1 is 1.14 bits per heavy atom. The zero-order valence-electron chi connectivity index (χ0n) is 20.8. The molecular formula is C27H27ClF3N5O. The number of rotatable bonds is 9. The second kappa shape index (κ2) is 10.9. The van der Waals surface area contributed by atoms with E-state index in [0.717, 1.165) is 16.1 Å². The number of aldehydes is 1. The number of imidazole rings is 1. The number of benzene rings is 2. The van der Waals surface area contributed by atoms with Gasteiger partial charge in [0, 0.05) is 61.4 Å². The average Bonchev–Trinajstić information content (AvgIpc) is 3.42. The molecule has 0 amide bonds.